The molecule has 0 fully saturated rings. The summed E-state index contributed by atoms with van der Waals surface area (Å²) in [6.07, 6.45) is 1.47. The van der Waals surface area contributed by atoms with E-state index in [-0.39, 0.29) is 25.6 Å². The van der Waals surface area contributed by atoms with E-state index in [4.69, 9.17) is 13.8 Å². The molecule has 0 bridgehead atoms. The minimum absolute atomic E-state index is 0.248. The van der Waals surface area contributed by atoms with Crippen LogP contribution >= 0.6 is 7.60 Å². The predicted molar refractivity (Wildman–Crippen MR) is 65.9 cm³/mol. The zero-order valence-electron chi connectivity index (χ0n) is 11.1. The summed E-state index contributed by atoms with van der Waals surface area (Å²) in [5.41, 5.74) is 0. The Morgan fingerprint density at radius 3 is 2.00 bits per heavy atom. The van der Waals surface area contributed by atoms with E-state index in [2.05, 4.69) is 0 Å². The molecular formula is C11H23O5P. The van der Waals surface area contributed by atoms with Crippen molar-refractivity contribution in [3.63, 3.8) is 0 Å². The van der Waals surface area contributed by atoms with E-state index >= 15 is 0 Å². The molecule has 0 aliphatic heterocycles. The fraction of sp³-hybridized carbons (Fsp3) is 0.909. The average molecular weight is 266 g/mol. The molecule has 0 aliphatic carbocycles. The number of rotatable bonds is 9. The van der Waals surface area contributed by atoms with Crippen LogP contribution < -0.4 is 0 Å². The third-order valence-electron chi connectivity index (χ3n) is 2.06. The monoisotopic (exact) mass is 266 g/mol. The molecular weight excluding hydrogens is 243 g/mol. The molecule has 17 heavy (non-hydrogen) atoms. The van der Waals surface area contributed by atoms with E-state index in [9.17, 15) is 9.36 Å². The molecule has 0 spiro atoms. The highest BCUT2D eigenvalue weighted by Crippen LogP contribution is 2.55. The van der Waals surface area contributed by atoms with E-state index in [1.165, 1.54) is 0 Å². The maximum Gasteiger partial charge on any atom is 0.370 e. The molecule has 102 valence electrons. The van der Waals surface area contributed by atoms with Crippen molar-refractivity contribution in [1.29, 1.82) is 0 Å². The highest BCUT2D eigenvalue weighted by molar-refractivity contribution is 7.54. The minimum Gasteiger partial charge on any atom is -0.449 e. The Bertz CT molecular complexity index is 257. The summed E-state index contributed by atoms with van der Waals surface area (Å²) in [6.45, 7) is 7.61. The van der Waals surface area contributed by atoms with Gasteiger partial charge in [-0.3, -0.25) is 9.36 Å². The van der Waals surface area contributed by atoms with Gasteiger partial charge >= 0.3 is 13.6 Å². The van der Waals surface area contributed by atoms with Crippen molar-refractivity contribution in [3.8, 4) is 0 Å². The largest absolute Gasteiger partial charge is 0.449 e. The van der Waals surface area contributed by atoms with E-state index in [1.807, 2.05) is 6.92 Å². The van der Waals surface area contributed by atoms with E-state index in [1.54, 1.807) is 20.8 Å². The molecule has 0 aliphatic rings. The van der Waals surface area contributed by atoms with Crippen molar-refractivity contribution in [2.24, 2.45) is 0 Å². The molecule has 0 aromatic rings. The van der Waals surface area contributed by atoms with Gasteiger partial charge in [0.15, 0.2) is 0 Å². The zero-order chi connectivity index (χ0) is 13.3. The Morgan fingerprint density at radius 2 is 1.65 bits per heavy atom. The highest BCUT2D eigenvalue weighted by atomic mass is 31.2. The van der Waals surface area contributed by atoms with Gasteiger partial charge in [-0.1, -0.05) is 20.3 Å². The summed E-state index contributed by atoms with van der Waals surface area (Å²) in [5, 5.41) is 0. The SMILES string of the molecule is CCCC(OC(=O)CC)P(=O)(OCC)OCC. The van der Waals surface area contributed by atoms with Crippen molar-refractivity contribution in [1.82, 2.24) is 0 Å². The minimum atomic E-state index is -3.36. The van der Waals surface area contributed by atoms with Crippen molar-refractivity contribution in [3.05, 3.63) is 0 Å². The van der Waals surface area contributed by atoms with Gasteiger partial charge in [-0.05, 0) is 20.3 Å². The first kappa shape index (κ1) is 16.6. The Kier molecular flexibility index (Phi) is 8.48. The quantitative estimate of drug-likeness (QED) is 0.473. The number of carbonyl (C=O) groups is 1. The first-order chi connectivity index (χ1) is 8.03. The van der Waals surface area contributed by atoms with Crippen LogP contribution in [0, 0.1) is 0 Å². The van der Waals surface area contributed by atoms with Crippen LogP contribution in [-0.2, 0) is 23.1 Å². The van der Waals surface area contributed by atoms with Crippen LogP contribution in [0.1, 0.15) is 47.0 Å². The summed E-state index contributed by atoms with van der Waals surface area (Å²) in [5.74, 6) is -1.18. The molecule has 1 unspecified atom stereocenters. The van der Waals surface area contributed by atoms with Gasteiger partial charge in [0.2, 0.25) is 5.85 Å². The van der Waals surface area contributed by atoms with Gasteiger partial charge in [-0.25, -0.2) is 0 Å². The van der Waals surface area contributed by atoms with Crippen LogP contribution in [0.3, 0.4) is 0 Å². The van der Waals surface area contributed by atoms with Crippen molar-refractivity contribution in [2.75, 3.05) is 13.2 Å². The van der Waals surface area contributed by atoms with Crippen LogP contribution in [0.5, 0.6) is 0 Å². The Balaban J connectivity index is 4.81. The summed E-state index contributed by atoms with van der Waals surface area (Å²) >= 11 is 0. The van der Waals surface area contributed by atoms with E-state index in [0.29, 0.717) is 6.42 Å². The lowest BCUT2D eigenvalue weighted by atomic mass is 10.3. The molecule has 1 atom stereocenters. The number of ether oxygens (including phenoxy) is 1. The molecule has 6 heteroatoms. The summed E-state index contributed by atoms with van der Waals surface area (Å²) in [4.78, 5) is 11.3. The van der Waals surface area contributed by atoms with Gasteiger partial charge in [0.1, 0.15) is 0 Å². The van der Waals surface area contributed by atoms with Crippen molar-refractivity contribution in [2.45, 2.75) is 52.8 Å². The van der Waals surface area contributed by atoms with Gasteiger partial charge in [0.25, 0.3) is 0 Å². The maximum atomic E-state index is 12.4. The van der Waals surface area contributed by atoms with Crippen LogP contribution in [0.15, 0.2) is 0 Å². The van der Waals surface area contributed by atoms with Gasteiger partial charge < -0.3 is 13.8 Å². The number of hydrogen-bond acceptors (Lipinski definition) is 5. The van der Waals surface area contributed by atoms with Crippen LogP contribution in [0.2, 0.25) is 0 Å². The molecule has 0 saturated carbocycles. The lowest BCUT2D eigenvalue weighted by Crippen LogP contribution is -2.20. The number of hydrogen-bond donors (Lipinski definition) is 0. The van der Waals surface area contributed by atoms with Crippen molar-refractivity contribution < 1.29 is 23.1 Å². The molecule has 0 radical (unpaired) electrons. The molecule has 0 aromatic heterocycles. The van der Waals surface area contributed by atoms with Crippen LogP contribution in [0.25, 0.3) is 0 Å². The molecule has 5 nitrogen and oxygen atoms in total. The van der Waals surface area contributed by atoms with Gasteiger partial charge in [0.05, 0.1) is 13.2 Å². The van der Waals surface area contributed by atoms with Crippen LogP contribution in [-0.4, -0.2) is 25.0 Å². The van der Waals surface area contributed by atoms with E-state index in [0.717, 1.165) is 6.42 Å². The Labute approximate surface area is 103 Å². The summed E-state index contributed by atoms with van der Waals surface area (Å²) in [7, 11) is -3.36. The molecule has 0 N–H and O–H groups in total. The first-order valence-corrected chi connectivity index (χ1v) is 7.73. The summed E-state index contributed by atoms with van der Waals surface area (Å²) in [6, 6.07) is 0. The number of esters is 1. The highest BCUT2D eigenvalue weighted by Gasteiger charge is 2.37. The van der Waals surface area contributed by atoms with Gasteiger partial charge in [-0.2, -0.15) is 0 Å². The third kappa shape index (κ3) is 5.66. The average Bonchev–Trinajstić information content (AvgIpc) is 2.29. The molecule has 0 heterocycles. The lowest BCUT2D eigenvalue weighted by molar-refractivity contribution is -0.146. The van der Waals surface area contributed by atoms with Crippen LogP contribution in [0.4, 0.5) is 0 Å². The first-order valence-electron chi connectivity index (χ1n) is 6.12. The summed E-state index contributed by atoms with van der Waals surface area (Å²) < 4.78 is 28.0. The van der Waals surface area contributed by atoms with Gasteiger partial charge in [-0.15, -0.1) is 0 Å². The Morgan fingerprint density at radius 1 is 1.12 bits per heavy atom. The van der Waals surface area contributed by atoms with E-state index < -0.39 is 13.4 Å². The lowest BCUT2D eigenvalue weighted by Gasteiger charge is -2.25. The fourth-order valence-electron chi connectivity index (χ4n) is 1.33. The maximum absolute atomic E-state index is 12.4. The number of carbonyl (C=O) groups excluding carboxylic acids is 1. The van der Waals surface area contributed by atoms with Crippen molar-refractivity contribution >= 4 is 13.6 Å². The molecule has 0 rings (SSSR count). The smallest absolute Gasteiger partial charge is 0.370 e. The molecule has 0 aromatic carbocycles. The van der Waals surface area contributed by atoms with Gasteiger partial charge in [0, 0.05) is 6.42 Å². The second kappa shape index (κ2) is 8.67. The molecule has 0 saturated heterocycles. The zero-order valence-corrected chi connectivity index (χ0v) is 12.0. The second-order valence-corrected chi connectivity index (χ2v) is 5.63. The normalized spacial score (nSPS) is 13.4. The second-order valence-electron chi connectivity index (χ2n) is 3.46. The predicted octanol–water partition coefficient (Wildman–Crippen LogP) is 3.33. The third-order valence-corrected chi connectivity index (χ3v) is 4.37. The Hall–Kier alpha value is -0.380. The topological polar surface area (TPSA) is 61.8 Å². The standard InChI is InChI=1S/C11H23O5P/c1-5-9-11(16-10(12)6-2)17(13,14-7-3)15-8-4/h11H,5-9H2,1-4H3. The molecule has 0 amide bonds. The fourth-order valence-corrected chi connectivity index (χ4v) is 3.27.